The van der Waals surface area contributed by atoms with Gasteiger partial charge in [0.15, 0.2) is 11.6 Å². The highest BCUT2D eigenvalue weighted by atomic mass is 19.4. The maximum Gasteiger partial charge on any atom is 0.573 e. The highest BCUT2D eigenvalue weighted by molar-refractivity contribution is 5.76. The average Bonchev–Trinajstić information content (AvgIpc) is 3.43. The number of amides is 3. The molecule has 2 aliphatic rings. The number of urea groups is 1. The molecule has 0 bridgehead atoms. The second-order valence-corrected chi connectivity index (χ2v) is 9.30. The Morgan fingerprint density at radius 1 is 1.17 bits per heavy atom. The van der Waals surface area contributed by atoms with Gasteiger partial charge in [0.1, 0.15) is 5.69 Å². The van der Waals surface area contributed by atoms with E-state index in [-0.39, 0.29) is 24.8 Å². The zero-order valence-corrected chi connectivity index (χ0v) is 19.8. The molecule has 0 radical (unpaired) electrons. The molecule has 2 fully saturated rings. The van der Waals surface area contributed by atoms with E-state index in [1.807, 2.05) is 4.90 Å². The van der Waals surface area contributed by atoms with E-state index in [9.17, 15) is 27.2 Å². The number of rotatable bonds is 6. The van der Waals surface area contributed by atoms with Crippen LogP contribution in [0.15, 0.2) is 24.4 Å². The standard InChI is InChI=1S/C23H28F4N6O3/c1-31(14-18-11-28-30-29-18)22(35)33-12-16-6-8-32(9-7-17(16)13-33)21(34)5-3-15-2-4-20(19(24)10-15)36-23(25,26)27/h2,4,10-11,16-17H,3,5-9,12-14H2,1H3,(H,28,29,30)/t16-,17+. The van der Waals surface area contributed by atoms with Crippen LogP contribution in [0.3, 0.4) is 0 Å². The summed E-state index contributed by atoms with van der Waals surface area (Å²) in [5.74, 6) is -1.48. The zero-order chi connectivity index (χ0) is 25.9. The molecule has 2 aliphatic heterocycles. The molecule has 1 aromatic carbocycles. The number of carbonyl (C=O) groups is 2. The third-order valence-corrected chi connectivity index (χ3v) is 6.78. The van der Waals surface area contributed by atoms with Crippen LogP contribution >= 0.6 is 0 Å². The number of ether oxygens (including phenoxy) is 1. The molecule has 0 unspecified atom stereocenters. The predicted molar refractivity (Wildman–Crippen MR) is 119 cm³/mol. The number of benzene rings is 1. The second kappa shape index (κ2) is 10.7. The number of likely N-dealkylation sites (tertiary alicyclic amines) is 2. The van der Waals surface area contributed by atoms with Gasteiger partial charge in [-0.25, -0.2) is 9.18 Å². The van der Waals surface area contributed by atoms with Crippen molar-refractivity contribution >= 4 is 11.9 Å². The van der Waals surface area contributed by atoms with Gasteiger partial charge in [-0.05, 0) is 48.8 Å². The van der Waals surface area contributed by atoms with E-state index < -0.39 is 17.9 Å². The number of aryl methyl sites for hydroxylation is 1. The molecule has 0 saturated carbocycles. The fraction of sp³-hybridized carbons (Fsp3) is 0.565. The molecule has 2 aromatic rings. The third-order valence-electron chi connectivity index (χ3n) is 6.78. The summed E-state index contributed by atoms with van der Waals surface area (Å²) in [6.07, 6.45) is -1.48. The summed E-state index contributed by atoms with van der Waals surface area (Å²) in [5, 5.41) is 10.3. The fourth-order valence-corrected chi connectivity index (χ4v) is 4.92. The van der Waals surface area contributed by atoms with Gasteiger partial charge < -0.3 is 19.4 Å². The van der Waals surface area contributed by atoms with Crippen LogP contribution < -0.4 is 4.74 Å². The first-order valence-corrected chi connectivity index (χ1v) is 11.8. The van der Waals surface area contributed by atoms with Gasteiger partial charge in [-0.15, -0.1) is 13.2 Å². The molecule has 0 spiro atoms. The van der Waals surface area contributed by atoms with Gasteiger partial charge in [0.25, 0.3) is 0 Å². The van der Waals surface area contributed by atoms with Gasteiger partial charge in [0.2, 0.25) is 5.91 Å². The highest BCUT2D eigenvalue weighted by Crippen LogP contribution is 2.33. The first kappa shape index (κ1) is 25.7. The topological polar surface area (TPSA) is 94.7 Å². The van der Waals surface area contributed by atoms with Gasteiger partial charge in [0, 0.05) is 39.6 Å². The molecule has 13 heteroatoms. The summed E-state index contributed by atoms with van der Waals surface area (Å²) in [5.41, 5.74) is 1.10. The number of alkyl halides is 3. The van der Waals surface area contributed by atoms with Crippen LogP contribution in [-0.2, 0) is 17.8 Å². The number of nitrogens with zero attached hydrogens (tertiary/aromatic N) is 5. The van der Waals surface area contributed by atoms with E-state index in [4.69, 9.17) is 0 Å². The molecule has 2 saturated heterocycles. The van der Waals surface area contributed by atoms with Gasteiger partial charge in [-0.3, -0.25) is 4.79 Å². The smallest absolute Gasteiger partial charge is 0.403 e. The monoisotopic (exact) mass is 512 g/mol. The summed E-state index contributed by atoms with van der Waals surface area (Å²) in [6, 6.07) is 3.16. The van der Waals surface area contributed by atoms with Crippen LogP contribution in [0.2, 0.25) is 0 Å². The molecule has 2 atom stereocenters. The summed E-state index contributed by atoms with van der Waals surface area (Å²) < 4.78 is 54.4. The van der Waals surface area contributed by atoms with Crippen molar-refractivity contribution in [2.45, 2.75) is 38.6 Å². The van der Waals surface area contributed by atoms with Crippen molar-refractivity contribution in [3.8, 4) is 5.75 Å². The number of hydrogen-bond acceptors (Lipinski definition) is 5. The lowest BCUT2D eigenvalue weighted by Crippen LogP contribution is -2.40. The normalized spacial score (nSPS) is 20.1. The first-order chi connectivity index (χ1) is 17.1. The second-order valence-electron chi connectivity index (χ2n) is 9.30. The van der Waals surface area contributed by atoms with Crippen LogP contribution in [0, 0.1) is 17.7 Å². The minimum atomic E-state index is -4.97. The number of nitrogens with one attached hydrogen (secondary N) is 1. The minimum Gasteiger partial charge on any atom is -0.403 e. The molecule has 9 nitrogen and oxygen atoms in total. The van der Waals surface area contributed by atoms with E-state index in [1.54, 1.807) is 23.0 Å². The minimum absolute atomic E-state index is 0.0575. The van der Waals surface area contributed by atoms with Crippen molar-refractivity contribution in [1.82, 2.24) is 30.1 Å². The largest absolute Gasteiger partial charge is 0.573 e. The van der Waals surface area contributed by atoms with Crippen molar-refractivity contribution < 1.29 is 31.9 Å². The maximum absolute atomic E-state index is 13.9. The Labute approximate surface area is 205 Å². The van der Waals surface area contributed by atoms with Crippen LogP contribution in [0.5, 0.6) is 5.75 Å². The quantitative estimate of drug-likeness (QED) is 0.600. The number of hydrogen-bond donors (Lipinski definition) is 1. The van der Waals surface area contributed by atoms with Crippen LogP contribution in [-0.4, -0.2) is 81.6 Å². The highest BCUT2D eigenvalue weighted by Gasteiger charge is 2.38. The zero-order valence-electron chi connectivity index (χ0n) is 19.8. The van der Waals surface area contributed by atoms with E-state index >= 15 is 0 Å². The SMILES string of the molecule is CN(Cc1cn[nH]n1)C(=O)N1C[C@H]2CCN(C(=O)CCc3ccc(OC(F)(F)F)c(F)c3)CC[C@H]2C1. The van der Waals surface area contributed by atoms with E-state index in [2.05, 4.69) is 20.1 Å². The maximum atomic E-state index is 13.9. The van der Waals surface area contributed by atoms with E-state index in [1.165, 1.54) is 6.07 Å². The van der Waals surface area contributed by atoms with Crippen molar-refractivity contribution in [3.63, 3.8) is 0 Å². The van der Waals surface area contributed by atoms with Gasteiger partial charge in [-0.1, -0.05) is 6.07 Å². The lowest BCUT2D eigenvalue weighted by atomic mass is 9.92. The van der Waals surface area contributed by atoms with Gasteiger partial charge >= 0.3 is 12.4 Å². The van der Waals surface area contributed by atoms with E-state index in [0.29, 0.717) is 55.8 Å². The Morgan fingerprint density at radius 3 is 2.44 bits per heavy atom. The molecule has 4 rings (SSSR count). The Bertz CT molecular complexity index is 1050. The summed E-state index contributed by atoms with van der Waals surface area (Å²) in [7, 11) is 1.73. The summed E-state index contributed by atoms with van der Waals surface area (Å²) >= 11 is 0. The summed E-state index contributed by atoms with van der Waals surface area (Å²) in [4.78, 5) is 30.9. The number of fused-ring (bicyclic) bond motifs is 1. The first-order valence-electron chi connectivity index (χ1n) is 11.8. The molecule has 0 aliphatic carbocycles. The summed E-state index contributed by atoms with van der Waals surface area (Å²) in [6.45, 7) is 2.79. The van der Waals surface area contributed by atoms with Crippen LogP contribution in [0.25, 0.3) is 0 Å². The molecule has 1 aromatic heterocycles. The molecular weight excluding hydrogens is 484 g/mol. The number of halogens is 4. The van der Waals surface area contributed by atoms with E-state index in [0.717, 1.165) is 25.0 Å². The van der Waals surface area contributed by atoms with Crippen molar-refractivity contribution in [2.75, 3.05) is 33.2 Å². The molecule has 3 amide bonds. The molecular formula is C23H28F4N6O3. The molecule has 196 valence electrons. The molecule has 3 heterocycles. The van der Waals surface area contributed by atoms with Crippen molar-refractivity contribution in [1.29, 1.82) is 0 Å². The Kier molecular flexibility index (Phi) is 7.65. The van der Waals surface area contributed by atoms with Crippen molar-refractivity contribution in [2.24, 2.45) is 11.8 Å². The van der Waals surface area contributed by atoms with Crippen LogP contribution in [0.4, 0.5) is 22.4 Å². The molecule has 36 heavy (non-hydrogen) atoms. The van der Waals surface area contributed by atoms with Crippen LogP contribution in [0.1, 0.15) is 30.5 Å². The number of aromatic nitrogens is 3. The number of H-pyrrole nitrogens is 1. The average molecular weight is 513 g/mol. The molecule has 1 N–H and O–H groups in total. The Hall–Kier alpha value is -3.38. The number of aromatic amines is 1. The number of carbonyl (C=O) groups excluding carboxylic acids is 2. The lowest BCUT2D eigenvalue weighted by Gasteiger charge is -2.25. The Morgan fingerprint density at radius 2 is 1.86 bits per heavy atom. The van der Waals surface area contributed by atoms with Gasteiger partial charge in [-0.2, -0.15) is 15.4 Å². The van der Waals surface area contributed by atoms with Gasteiger partial charge in [0.05, 0.1) is 12.7 Å². The lowest BCUT2D eigenvalue weighted by molar-refractivity contribution is -0.275. The third kappa shape index (κ3) is 6.43. The fourth-order valence-electron chi connectivity index (χ4n) is 4.92. The predicted octanol–water partition coefficient (Wildman–Crippen LogP) is 3.20. The van der Waals surface area contributed by atoms with Crippen molar-refractivity contribution in [3.05, 3.63) is 41.5 Å². The Balaban J connectivity index is 1.24.